The summed E-state index contributed by atoms with van der Waals surface area (Å²) < 4.78 is 13.3. The number of benzene rings is 3. The van der Waals surface area contributed by atoms with Crippen molar-refractivity contribution in [2.24, 2.45) is 0 Å². The maximum Gasteiger partial charge on any atom is 0.262 e. The Kier molecular flexibility index (Phi) is 9.34. The Bertz CT molecular complexity index is 1100. The van der Waals surface area contributed by atoms with Crippen molar-refractivity contribution in [3.63, 3.8) is 0 Å². The van der Waals surface area contributed by atoms with Gasteiger partial charge in [-0.05, 0) is 106 Å². The number of ether oxygens (including phenoxy) is 2. The summed E-state index contributed by atoms with van der Waals surface area (Å²) in [4.78, 5) is 12.3. The van der Waals surface area contributed by atoms with Crippen molar-refractivity contribution in [2.75, 3.05) is 23.8 Å². The van der Waals surface area contributed by atoms with E-state index in [2.05, 4.69) is 49.2 Å². The molecule has 3 aromatic rings. The standard InChI is InChI=1S/C23H20BrCl2IN2O3/c1-2-31-21-10-14(12-28-17-7-8-18(24)19(26)11-17)9-20(27)23(21)32-13-22(30)29-16-5-3-15(25)4-6-16/h3-11,28H,2,12-13H2,1H3,(H,29,30). The maximum atomic E-state index is 12.3. The van der Waals surface area contributed by atoms with Gasteiger partial charge in [0.25, 0.3) is 5.91 Å². The van der Waals surface area contributed by atoms with Crippen molar-refractivity contribution in [1.82, 2.24) is 0 Å². The SMILES string of the molecule is CCOc1cc(CNc2ccc(Br)c(Cl)c2)cc(I)c1OCC(=O)Nc1ccc(Cl)cc1. The minimum absolute atomic E-state index is 0.145. The summed E-state index contributed by atoms with van der Waals surface area (Å²) in [5.41, 5.74) is 2.57. The molecule has 0 fully saturated rings. The molecule has 0 aliphatic rings. The number of halogens is 4. The number of rotatable bonds is 9. The minimum Gasteiger partial charge on any atom is -0.490 e. The summed E-state index contributed by atoms with van der Waals surface area (Å²) in [6.07, 6.45) is 0. The highest BCUT2D eigenvalue weighted by atomic mass is 127. The van der Waals surface area contributed by atoms with Crippen LogP contribution in [0.1, 0.15) is 12.5 Å². The van der Waals surface area contributed by atoms with Crippen LogP contribution in [0.2, 0.25) is 10.0 Å². The molecule has 0 spiro atoms. The molecule has 0 unspecified atom stereocenters. The lowest BCUT2D eigenvalue weighted by atomic mass is 10.2. The van der Waals surface area contributed by atoms with E-state index in [0.717, 1.165) is 19.3 Å². The molecule has 9 heteroatoms. The molecule has 3 rings (SSSR count). The molecule has 5 nitrogen and oxygen atoms in total. The number of anilines is 2. The molecule has 3 aromatic carbocycles. The van der Waals surface area contributed by atoms with Crippen molar-refractivity contribution in [3.8, 4) is 11.5 Å². The summed E-state index contributed by atoms with van der Waals surface area (Å²) in [5.74, 6) is 0.849. The second-order valence-corrected chi connectivity index (χ2v) is 9.52. The topological polar surface area (TPSA) is 59.6 Å². The zero-order chi connectivity index (χ0) is 23.1. The van der Waals surface area contributed by atoms with Gasteiger partial charge in [-0.1, -0.05) is 23.2 Å². The van der Waals surface area contributed by atoms with E-state index in [-0.39, 0.29) is 12.5 Å². The molecule has 1 amide bonds. The van der Waals surface area contributed by atoms with Gasteiger partial charge in [0.15, 0.2) is 18.1 Å². The Morgan fingerprint density at radius 3 is 2.44 bits per heavy atom. The number of carbonyl (C=O) groups excluding carboxylic acids is 1. The van der Waals surface area contributed by atoms with Crippen LogP contribution in [-0.2, 0) is 11.3 Å². The van der Waals surface area contributed by atoms with E-state index in [4.69, 9.17) is 32.7 Å². The van der Waals surface area contributed by atoms with Gasteiger partial charge in [-0.25, -0.2) is 0 Å². The van der Waals surface area contributed by atoms with Crippen molar-refractivity contribution in [2.45, 2.75) is 13.5 Å². The predicted octanol–water partition coefficient (Wildman–Crippen LogP) is 7.39. The predicted molar refractivity (Wildman–Crippen MR) is 142 cm³/mol. The average Bonchev–Trinajstić information content (AvgIpc) is 2.76. The third-order valence-corrected chi connectivity index (χ3v) is 6.55. The number of hydrogen-bond donors (Lipinski definition) is 2. The fraction of sp³-hybridized carbons (Fsp3) is 0.174. The normalized spacial score (nSPS) is 10.5. The van der Waals surface area contributed by atoms with E-state index >= 15 is 0 Å². The maximum absolute atomic E-state index is 12.3. The number of nitrogens with one attached hydrogen (secondary N) is 2. The number of hydrogen-bond acceptors (Lipinski definition) is 4. The quantitative estimate of drug-likeness (QED) is 0.238. The molecule has 0 bridgehead atoms. The first-order chi connectivity index (χ1) is 15.4. The van der Waals surface area contributed by atoms with Crippen molar-refractivity contribution < 1.29 is 14.3 Å². The van der Waals surface area contributed by atoms with Gasteiger partial charge < -0.3 is 20.1 Å². The average molecular weight is 650 g/mol. The van der Waals surface area contributed by atoms with Crippen LogP contribution in [0.5, 0.6) is 11.5 Å². The smallest absolute Gasteiger partial charge is 0.262 e. The molecular formula is C23H20BrCl2IN2O3. The van der Waals surface area contributed by atoms with Gasteiger partial charge >= 0.3 is 0 Å². The van der Waals surface area contributed by atoms with Gasteiger partial charge in [-0.15, -0.1) is 0 Å². The van der Waals surface area contributed by atoms with Crippen molar-refractivity contribution in [3.05, 3.63) is 78.2 Å². The third-order valence-electron chi connectivity index (χ3n) is 4.26. The molecule has 0 atom stereocenters. The molecule has 32 heavy (non-hydrogen) atoms. The molecule has 0 saturated carbocycles. The highest BCUT2D eigenvalue weighted by molar-refractivity contribution is 14.1. The Labute approximate surface area is 219 Å². The molecule has 0 radical (unpaired) electrons. The van der Waals surface area contributed by atoms with Crippen LogP contribution < -0.4 is 20.1 Å². The molecule has 0 aliphatic heterocycles. The summed E-state index contributed by atoms with van der Waals surface area (Å²) in [6, 6.07) is 16.5. The molecule has 0 aliphatic carbocycles. The van der Waals surface area contributed by atoms with E-state index in [1.165, 1.54) is 0 Å². The zero-order valence-corrected chi connectivity index (χ0v) is 22.3. The first kappa shape index (κ1) is 25.0. The number of carbonyl (C=O) groups is 1. The monoisotopic (exact) mass is 648 g/mol. The Morgan fingerprint density at radius 1 is 1.03 bits per heavy atom. The fourth-order valence-electron chi connectivity index (χ4n) is 2.80. The first-order valence-corrected chi connectivity index (χ1v) is 12.3. The minimum atomic E-state index is -0.275. The lowest BCUT2D eigenvalue weighted by Crippen LogP contribution is -2.20. The Morgan fingerprint density at radius 2 is 1.75 bits per heavy atom. The van der Waals surface area contributed by atoms with Gasteiger partial charge in [-0.3, -0.25) is 4.79 Å². The summed E-state index contributed by atoms with van der Waals surface area (Å²) in [6.45, 7) is 2.81. The third kappa shape index (κ3) is 7.16. The lowest BCUT2D eigenvalue weighted by molar-refractivity contribution is -0.118. The number of amides is 1. The van der Waals surface area contributed by atoms with Crippen LogP contribution in [0.3, 0.4) is 0 Å². The van der Waals surface area contributed by atoms with Crippen LogP contribution >= 0.6 is 61.7 Å². The Balaban J connectivity index is 1.66. The second-order valence-electron chi connectivity index (χ2n) is 6.66. The molecule has 0 saturated heterocycles. The highest BCUT2D eigenvalue weighted by Gasteiger charge is 2.14. The van der Waals surface area contributed by atoms with Crippen molar-refractivity contribution >= 4 is 79.0 Å². The van der Waals surface area contributed by atoms with Gasteiger partial charge in [0, 0.05) is 27.4 Å². The summed E-state index contributed by atoms with van der Waals surface area (Å²) in [5, 5.41) is 7.37. The molecular weight excluding hydrogens is 630 g/mol. The molecule has 0 aromatic heterocycles. The van der Waals surface area contributed by atoms with Crippen molar-refractivity contribution in [1.29, 1.82) is 0 Å². The van der Waals surface area contributed by atoms with Crippen LogP contribution in [0, 0.1) is 3.57 Å². The van der Waals surface area contributed by atoms with Crippen LogP contribution in [-0.4, -0.2) is 19.1 Å². The summed E-state index contributed by atoms with van der Waals surface area (Å²) >= 11 is 17.6. The van der Waals surface area contributed by atoms with Gasteiger partial charge in [0.05, 0.1) is 15.2 Å². The molecule has 2 N–H and O–H groups in total. The lowest BCUT2D eigenvalue weighted by Gasteiger charge is -2.16. The van der Waals surface area contributed by atoms with Crippen LogP contribution in [0.15, 0.2) is 59.1 Å². The fourth-order valence-corrected chi connectivity index (χ4v) is 4.18. The van der Waals surface area contributed by atoms with Gasteiger partial charge in [-0.2, -0.15) is 0 Å². The van der Waals surface area contributed by atoms with E-state index in [1.807, 2.05) is 37.3 Å². The van der Waals surface area contributed by atoms with Crippen LogP contribution in [0.25, 0.3) is 0 Å². The van der Waals surface area contributed by atoms with Crippen LogP contribution in [0.4, 0.5) is 11.4 Å². The van der Waals surface area contributed by atoms with E-state index in [9.17, 15) is 4.79 Å². The highest BCUT2D eigenvalue weighted by Crippen LogP contribution is 2.35. The molecule has 0 heterocycles. The van der Waals surface area contributed by atoms with E-state index < -0.39 is 0 Å². The van der Waals surface area contributed by atoms with E-state index in [1.54, 1.807) is 24.3 Å². The second kappa shape index (κ2) is 12.0. The molecule has 168 valence electrons. The van der Waals surface area contributed by atoms with Gasteiger partial charge in [0.2, 0.25) is 0 Å². The zero-order valence-electron chi connectivity index (χ0n) is 17.1. The summed E-state index contributed by atoms with van der Waals surface area (Å²) in [7, 11) is 0. The van der Waals surface area contributed by atoms with E-state index in [0.29, 0.717) is 40.4 Å². The largest absolute Gasteiger partial charge is 0.490 e. The Hall–Kier alpha value is -1.68. The van der Waals surface area contributed by atoms with Gasteiger partial charge in [0.1, 0.15) is 0 Å². The first-order valence-electron chi connectivity index (χ1n) is 9.68.